The van der Waals surface area contributed by atoms with Gasteiger partial charge in [0.1, 0.15) is 0 Å². The maximum Gasteiger partial charge on any atom is 0.448 e. The summed E-state index contributed by atoms with van der Waals surface area (Å²) in [4.78, 5) is 13.3. The topological polar surface area (TPSA) is 120 Å². The summed E-state index contributed by atoms with van der Waals surface area (Å²) in [5.41, 5.74) is -2.01. The van der Waals surface area contributed by atoms with Gasteiger partial charge in [-0.15, -0.1) is 0 Å². The molecular weight excluding hydrogens is 291 g/mol. The van der Waals surface area contributed by atoms with Crippen LogP contribution in [0.5, 0.6) is 0 Å². The summed E-state index contributed by atoms with van der Waals surface area (Å²) in [6.45, 7) is 5.09. The van der Waals surface area contributed by atoms with Gasteiger partial charge < -0.3 is 9.94 Å². The first-order valence-corrected chi connectivity index (χ1v) is 7.70. The molecule has 0 bridgehead atoms. The lowest BCUT2D eigenvalue weighted by atomic mass is 10.3. The van der Waals surface area contributed by atoms with Gasteiger partial charge in [0, 0.05) is 13.1 Å². The van der Waals surface area contributed by atoms with E-state index in [4.69, 9.17) is 9.26 Å². The first-order valence-electron chi connectivity index (χ1n) is 6.17. The third-order valence-corrected chi connectivity index (χ3v) is 4.85. The van der Waals surface area contributed by atoms with Crippen LogP contribution in [0.2, 0.25) is 0 Å². The van der Waals surface area contributed by atoms with E-state index in [9.17, 15) is 19.9 Å². The van der Waals surface area contributed by atoms with Crippen molar-refractivity contribution in [2.24, 2.45) is 4.88 Å². The minimum absolute atomic E-state index is 0.0743. The molecule has 1 atom stereocenters. The molecule has 1 rings (SSSR count). The summed E-state index contributed by atoms with van der Waals surface area (Å²) in [5.74, 6) is 0. The normalized spacial score (nSPS) is 21.4. The SMILES string of the molecule is CCOP(=O)(/N=[N+](\[O-])C(C)(C)[N+](=O)[O-])N1CCOCC1. The van der Waals surface area contributed by atoms with E-state index in [1.165, 1.54) is 4.67 Å². The van der Waals surface area contributed by atoms with Gasteiger partial charge in [-0.05, 0) is 11.8 Å². The lowest BCUT2D eigenvalue weighted by Crippen LogP contribution is -2.41. The van der Waals surface area contributed by atoms with Crippen LogP contribution in [0, 0.1) is 15.3 Å². The van der Waals surface area contributed by atoms with Gasteiger partial charge in [-0.25, -0.2) is 9.24 Å². The molecule has 0 radical (unpaired) electrons. The third kappa shape index (κ3) is 3.72. The quantitative estimate of drug-likeness (QED) is 0.182. The van der Waals surface area contributed by atoms with E-state index in [1.54, 1.807) is 6.92 Å². The molecule has 1 aliphatic heterocycles. The Balaban J connectivity index is 3.06. The van der Waals surface area contributed by atoms with Crippen molar-refractivity contribution in [1.82, 2.24) is 4.67 Å². The molecule has 0 aromatic heterocycles. The molecular formula is C9H19N4O6P. The van der Waals surface area contributed by atoms with Crippen molar-refractivity contribution in [3.8, 4) is 0 Å². The number of hydrogen-bond donors (Lipinski definition) is 0. The molecule has 0 saturated carbocycles. The molecule has 20 heavy (non-hydrogen) atoms. The molecule has 1 fully saturated rings. The summed E-state index contributed by atoms with van der Waals surface area (Å²) in [5, 5.41) is 22.7. The zero-order chi connectivity index (χ0) is 15.4. The maximum absolute atomic E-state index is 12.7. The molecule has 1 saturated heterocycles. The van der Waals surface area contributed by atoms with Crippen LogP contribution in [-0.2, 0) is 13.8 Å². The second-order valence-corrected chi connectivity index (χ2v) is 6.57. The van der Waals surface area contributed by atoms with E-state index < -0.39 is 18.3 Å². The molecule has 116 valence electrons. The van der Waals surface area contributed by atoms with Crippen LogP contribution < -0.4 is 0 Å². The van der Waals surface area contributed by atoms with Crippen LogP contribution in [0.4, 0.5) is 0 Å². The zero-order valence-electron chi connectivity index (χ0n) is 11.7. The van der Waals surface area contributed by atoms with Crippen molar-refractivity contribution >= 4 is 7.67 Å². The number of hydrogen-bond acceptors (Lipinski definition) is 6. The molecule has 0 aromatic carbocycles. The fraction of sp³-hybridized carbons (Fsp3) is 1.00. The van der Waals surface area contributed by atoms with E-state index in [0.29, 0.717) is 13.2 Å². The largest absolute Gasteiger partial charge is 0.594 e. The Labute approximate surface area is 116 Å². The van der Waals surface area contributed by atoms with E-state index in [1.807, 2.05) is 0 Å². The smallest absolute Gasteiger partial charge is 0.448 e. The molecule has 10 nitrogen and oxygen atoms in total. The standard InChI is InChI=1S/C9H19N4O6P/c1-4-19-20(17,11-5-7-18-8-6-11)10-12(14)9(2,3)13(15)16/h4-8H2,1-3H3/b12-10-. The first kappa shape index (κ1) is 17.0. The molecule has 0 aromatic rings. The van der Waals surface area contributed by atoms with Crippen LogP contribution in [0.15, 0.2) is 4.88 Å². The Kier molecular flexibility index (Phi) is 5.58. The number of nitrogens with zero attached hydrogens (tertiary/aromatic N) is 4. The second kappa shape index (κ2) is 6.57. The van der Waals surface area contributed by atoms with Crippen LogP contribution in [0.3, 0.4) is 0 Å². The Morgan fingerprint density at radius 2 is 1.95 bits per heavy atom. The minimum atomic E-state index is -3.80. The van der Waals surface area contributed by atoms with Crippen molar-refractivity contribution in [3.63, 3.8) is 0 Å². The van der Waals surface area contributed by atoms with Crippen LogP contribution in [0.25, 0.3) is 0 Å². The number of ether oxygens (including phenoxy) is 1. The molecule has 1 heterocycles. The second-order valence-electron chi connectivity index (χ2n) is 4.59. The van der Waals surface area contributed by atoms with E-state index >= 15 is 0 Å². The van der Waals surface area contributed by atoms with E-state index in [0.717, 1.165) is 13.8 Å². The lowest BCUT2D eigenvalue weighted by Gasteiger charge is -2.29. The summed E-state index contributed by atoms with van der Waals surface area (Å²) in [6, 6.07) is 0. The van der Waals surface area contributed by atoms with Crippen LogP contribution in [0.1, 0.15) is 20.8 Å². The number of rotatable bonds is 6. The molecule has 1 unspecified atom stereocenters. The Morgan fingerprint density at radius 1 is 1.40 bits per heavy atom. The summed E-state index contributed by atoms with van der Waals surface area (Å²) >= 11 is 0. The molecule has 11 heteroatoms. The van der Waals surface area contributed by atoms with Crippen molar-refractivity contribution in [1.29, 1.82) is 0 Å². The average molecular weight is 310 g/mol. The summed E-state index contributed by atoms with van der Waals surface area (Å²) < 4.78 is 24.3. The predicted octanol–water partition coefficient (Wildman–Crippen LogP) is 1.44. The molecule has 0 amide bonds. The highest BCUT2D eigenvalue weighted by Crippen LogP contribution is 2.53. The van der Waals surface area contributed by atoms with Gasteiger partial charge in [0.05, 0.1) is 43.5 Å². The fourth-order valence-corrected chi connectivity index (χ4v) is 3.18. The molecule has 0 N–H and O–H groups in total. The van der Waals surface area contributed by atoms with E-state index in [-0.39, 0.29) is 24.6 Å². The first-order chi connectivity index (χ1) is 9.24. The number of hydroxylamine groups is 1. The van der Waals surface area contributed by atoms with Crippen LogP contribution >= 0.6 is 7.67 Å². The van der Waals surface area contributed by atoms with Gasteiger partial charge in [-0.3, -0.25) is 14.6 Å². The van der Waals surface area contributed by atoms with Gasteiger partial charge >= 0.3 is 13.3 Å². The average Bonchev–Trinajstić information content (AvgIpc) is 2.39. The van der Waals surface area contributed by atoms with Gasteiger partial charge in [-0.1, -0.05) is 0 Å². The third-order valence-electron chi connectivity index (χ3n) is 2.75. The highest BCUT2D eigenvalue weighted by molar-refractivity contribution is 7.54. The van der Waals surface area contributed by atoms with Crippen molar-refractivity contribution in [3.05, 3.63) is 15.3 Å². The summed E-state index contributed by atoms with van der Waals surface area (Å²) in [7, 11) is -3.80. The minimum Gasteiger partial charge on any atom is -0.594 e. The highest BCUT2D eigenvalue weighted by Gasteiger charge is 2.46. The fourth-order valence-electron chi connectivity index (χ4n) is 1.42. The number of nitro groups is 1. The van der Waals surface area contributed by atoms with E-state index in [2.05, 4.69) is 4.88 Å². The van der Waals surface area contributed by atoms with Gasteiger partial charge in [0.25, 0.3) is 0 Å². The van der Waals surface area contributed by atoms with Crippen molar-refractivity contribution in [2.75, 3.05) is 32.9 Å². The van der Waals surface area contributed by atoms with Crippen LogP contribution in [-0.4, -0.2) is 53.0 Å². The molecule has 0 spiro atoms. The van der Waals surface area contributed by atoms with Gasteiger partial charge in [0.15, 0.2) is 0 Å². The zero-order valence-corrected chi connectivity index (χ0v) is 12.6. The van der Waals surface area contributed by atoms with Crippen molar-refractivity contribution < 1.29 is 23.6 Å². The Hall–Kier alpha value is -1.09. The van der Waals surface area contributed by atoms with Gasteiger partial charge in [-0.2, -0.15) is 0 Å². The number of morpholine rings is 1. The molecule has 1 aliphatic rings. The Bertz CT molecular complexity index is 434. The lowest BCUT2D eigenvalue weighted by molar-refractivity contribution is -0.803. The Morgan fingerprint density at radius 3 is 2.40 bits per heavy atom. The molecule has 0 aliphatic carbocycles. The monoisotopic (exact) mass is 310 g/mol. The maximum atomic E-state index is 12.7. The van der Waals surface area contributed by atoms with Gasteiger partial charge in [0.2, 0.25) is 0 Å². The summed E-state index contributed by atoms with van der Waals surface area (Å²) in [6.07, 6.45) is 0. The highest BCUT2D eigenvalue weighted by atomic mass is 31.2. The predicted molar refractivity (Wildman–Crippen MR) is 68.8 cm³/mol. The van der Waals surface area contributed by atoms with Crippen molar-refractivity contribution in [2.45, 2.75) is 26.4 Å².